The summed E-state index contributed by atoms with van der Waals surface area (Å²) in [6.45, 7) is 6.16. The summed E-state index contributed by atoms with van der Waals surface area (Å²) in [5.74, 6) is 1.53. The van der Waals surface area contributed by atoms with Gasteiger partial charge in [-0.1, -0.05) is 12.1 Å². The Bertz CT molecular complexity index is 315. The molecule has 1 aromatic rings. The van der Waals surface area contributed by atoms with E-state index < -0.39 is 0 Å². The molecule has 5 nitrogen and oxygen atoms in total. The zero-order valence-corrected chi connectivity index (χ0v) is 11.7. The van der Waals surface area contributed by atoms with Gasteiger partial charge in [-0.3, -0.25) is 0 Å². The fourth-order valence-corrected chi connectivity index (χ4v) is 1.70. The fraction of sp³-hybridized carbons (Fsp3) is 0.846. The molecule has 1 rings (SSSR count). The quantitative estimate of drug-likeness (QED) is 0.648. The molecular formula is C13H25N3O2. The van der Waals surface area contributed by atoms with Crippen molar-refractivity contribution >= 4 is 0 Å². The Morgan fingerprint density at radius 1 is 1.39 bits per heavy atom. The smallest absolute Gasteiger partial charge is 0.226 e. The van der Waals surface area contributed by atoms with Gasteiger partial charge in [0.1, 0.15) is 0 Å². The van der Waals surface area contributed by atoms with Gasteiger partial charge in [-0.2, -0.15) is 4.98 Å². The van der Waals surface area contributed by atoms with Crippen LogP contribution in [-0.2, 0) is 17.6 Å². The molecule has 0 fully saturated rings. The molecule has 0 aliphatic carbocycles. The molecule has 18 heavy (non-hydrogen) atoms. The van der Waals surface area contributed by atoms with Crippen LogP contribution >= 0.6 is 0 Å². The Hall–Kier alpha value is -0.940. The Labute approximate surface area is 109 Å². The average molecular weight is 255 g/mol. The molecule has 0 aromatic carbocycles. The van der Waals surface area contributed by atoms with Crippen LogP contribution < -0.4 is 5.32 Å². The standard InChI is InChI=1S/C13H25N3O2/c1-4-9-14-11(2)7-8-13-15-12(16-18-13)6-5-10-17-3/h11,14H,4-10H2,1-3H3. The number of ether oxygens (including phenoxy) is 1. The van der Waals surface area contributed by atoms with E-state index in [4.69, 9.17) is 9.26 Å². The van der Waals surface area contributed by atoms with Crippen LogP contribution in [0, 0.1) is 0 Å². The third-order valence-electron chi connectivity index (χ3n) is 2.79. The Morgan fingerprint density at radius 2 is 2.22 bits per heavy atom. The molecule has 0 bridgehead atoms. The van der Waals surface area contributed by atoms with E-state index in [1.54, 1.807) is 7.11 Å². The summed E-state index contributed by atoms with van der Waals surface area (Å²) >= 11 is 0. The van der Waals surface area contributed by atoms with E-state index in [0.717, 1.165) is 57.0 Å². The predicted octanol–water partition coefficient (Wildman–Crippen LogP) is 1.97. The van der Waals surface area contributed by atoms with Crippen LogP contribution in [0.3, 0.4) is 0 Å². The van der Waals surface area contributed by atoms with Crippen LogP contribution in [0.25, 0.3) is 0 Å². The molecule has 0 aliphatic rings. The first-order valence-corrected chi connectivity index (χ1v) is 6.80. The van der Waals surface area contributed by atoms with E-state index in [1.165, 1.54) is 0 Å². The van der Waals surface area contributed by atoms with Crippen molar-refractivity contribution in [3.8, 4) is 0 Å². The molecule has 0 saturated carbocycles. The second-order valence-corrected chi connectivity index (χ2v) is 4.59. The monoisotopic (exact) mass is 255 g/mol. The second-order valence-electron chi connectivity index (χ2n) is 4.59. The summed E-state index contributed by atoms with van der Waals surface area (Å²) in [7, 11) is 1.70. The van der Waals surface area contributed by atoms with Gasteiger partial charge in [0.05, 0.1) is 0 Å². The second kappa shape index (κ2) is 9.05. The normalized spacial score (nSPS) is 12.8. The molecule has 1 unspecified atom stereocenters. The lowest BCUT2D eigenvalue weighted by atomic mass is 10.2. The van der Waals surface area contributed by atoms with Gasteiger partial charge in [0.2, 0.25) is 5.89 Å². The van der Waals surface area contributed by atoms with Crippen molar-refractivity contribution in [3.05, 3.63) is 11.7 Å². The van der Waals surface area contributed by atoms with E-state index in [0.29, 0.717) is 6.04 Å². The highest BCUT2D eigenvalue weighted by atomic mass is 16.5. The van der Waals surface area contributed by atoms with Crippen molar-refractivity contribution in [1.29, 1.82) is 0 Å². The molecule has 1 heterocycles. The highest BCUT2D eigenvalue weighted by Crippen LogP contribution is 2.05. The first-order valence-electron chi connectivity index (χ1n) is 6.80. The van der Waals surface area contributed by atoms with Crippen LogP contribution in [0.2, 0.25) is 0 Å². The number of nitrogens with zero attached hydrogens (tertiary/aromatic N) is 2. The lowest BCUT2D eigenvalue weighted by Crippen LogP contribution is -2.27. The largest absolute Gasteiger partial charge is 0.385 e. The summed E-state index contributed by atoms with van der Waals surface area (Å²) < 4.78 is 10.2. The minimum absolute atomic E-state index is 0.494. The molecule has 1 aromatic heterocycles. The summed E-state index contributed by atoms with van der Waals surface area (Å²) in [5.41, 5.74) is 0. The summed E-state index contributed by atoms with van der Waals surface area (Å²) in [5, 5.41) is 7.41. The van der Waals surface area contributed by atoms with Crippen LogP contribution in [0.15, 0.2) is 4.52 Å². The van der Waals surface area contributed by atoms with Gasteiger partial charge in [0, 0.05) is 32.6 Å². The van der Waals surface area contributed by atoms with E-state index in [2.05, 4.69) is 29.3 Å². The maximum absolute atomic E-state index is 5.22. The van der Waals surface area contributed by atoms with Crippen molar-refractivity contribution in [1.82, 2.24) is 15.5 Å². The maximum atomic E-state index is 5.22. The molecule has 0 spiro atoms. The number of hydrogen-bond donors (Lipinski definition) is 1. The SMILES string of the molecule is CCCNC(C)CCc1nc(CCCOC)no1. The van der Waals surface area contributed by atoms with Crippen molar-refractivity contribution in [2.45, 2.75) is 52.0 Å². The van der Waals surface area contributed by atoms with Crippen LogP contribution in [-0.4, -0.2) is 36.4 Å². The van der Waals surface area contributed by atoms with Gasteiger partial charge in [0.15, 0.2) is 5.82 Å². The topological polar surface area (TPSA) is 60.2 Å². The molecule has 0 amide bonds. The highest BCUT2D eigenvalue weighted by Gasteiger charge is 2.08. The molecule has 104 valence electrons. The number of aryl methyl sites for hydroxylation is 2. The highest BCUT2D eigenvalue weighted by molar-refractivity contribution is 4.87. The summed E-state index contributed by atoms with van der Waals surface area (Å²) in [6, 6.07) is 0.494. The van der Waals surface area contributed by atoms with Gasteiger partial charge in [-0.05, 0) is 32.7 Å². The van der Waals surface area contributed by atoms with E-state index >= 15 is 0 Å². The first kappa shape index (κ1) is 15.1. The summed E-state index contributed by atoms with van der Waals surface area (Å²) in [6.07, 6.45) is 4.79. The van der Waals surface area contributed by atoms with E-state index in [9.17, 15) is 0 Å². The zero-order chi connectivity index (χ0) is 13.2. The molecule has 0 radical (unpaired) electrons. The van der Waals surface area contributed by atoms with Gasteiger partial charge >= 0.3 is 0 Å². The van der Waals surface area contributed by atoms with Gasteiger partial charge < -0.3 is 14.6 Å². The number of aromatic nitrogens is 2. The predicted molar refractivity (Wildman–Crippen MR) is 70.6 cm³/mol. The maximum Gasteiger partial charge on any atom is 0.226 e. The lowest BCUT2D eigenvalue weighted by molar-refractivity contribution is 0.194. The van der Waals surface area contributed by atoms with E-state index in [1.807, 2.05) is 0 Å². The van der Waals surface area contributed by atoms with Crippen molar-refractivity contribution < 1.29 is 9.26 Å². The molecule has 1 atom stereocenters. The molecular weight excluding hydrogens is 230 g/mol. The van der Waals surface area contributed by atoms with Crippen molar-refractivity contribution in [2.24, 2.45) is 0 Å². The summed E-state index contributed by atoms with van der Waals surface area (Å²) in [4.78, 5) is 4.37. The Kier molecular flexibility index (Phi) is 7.60. The van der Waals surface area contributed by atoms with Crippen molar-refractivity contribution in [2.75, 3.05) is 20.3 Å². The van der Waals surface area contributed by atoms with Crippen LogP contribution in [0.5, 0.6) is 0 Å². The Balaban J connectivity index is 2.22. The number of nitrogens with one attached hydrogen (secondary N) is 1. The zero-order valence-electron chi connectivity index (χ0n) is 11.7. The third kappa shape index (κ3) is 6.12. The van der Waals surface area contributed by atoms with E-state index in [-0.39, 0.29) is 0 Å². The lowest BCUT2D eigenvalue weighted by Gasteiger charge is -2.10. The minimum atomic E-state index is 0.494. The molecule has 0 aliphatic heterocycles. The van der Waals surface area contributed by atoms with Gasteiger partial charge in [-0.15, -0.1) is 0 Å². The number of hydrogen-bond acceptors (Lipinski definition) is 5. The van der Waals surface area contributed by atoms with Crippen molar-refractivity contribution in [3.63, 3.8) is 0 Å². The van der Waals surface area contributed by atoms with Crippen LogP contribution in [0.1, 0.15) is 44.8 Å². The Morgan fingerprint density at radius 3 is 2.94 bits per heavy atom. The van der Waals surface area contributed by atoms with Gasteiger partial charge in [0.25, 0.3) is 0 Å². The molecule has 5 heteroatoms. The molecule has 1 N–H and O–H groups in total. The van der Waals surface area contributed by atoms with Gasteiger partial charge in [-0.25, -0.2) is 0 Å². The molecule has 0 saturated heterocycles. The van der Waals surface area contributed by atoms with Crippen LogP contribution in [0.4, 0.5) is 0 Å². The number of rotatable bonds is 10. The number of methoxy groups -OCH3 is 1. The average Bonchev–Trinajstić information content (AvgIpc) is 2.82. The fourth-order valence-electron chi connectivity index (χ4n) is 1.70. The first-order chi connectivity index (χ1) is 8.76. The third-order valence-corrected chi connectivity index (χ3v) is 2.79. The minimum Gasteiger partial charge on any atom is -0.385 e.